The van der Waals surface area contributed by atoms with Gasteiger partial charge < -0.3 is 5.11 Å². The lowest BCUT2D eigenvalue weighted by atomic mass is 9.98. The van der Waals surface area contributed by atoms with Crippen molar-refractivity contribution < 1.29 is 5.11 Å². The Morgan fingerprint density at radius 3 is 2.48 bits per heavy atom. The molecule has 2 nitrogen and oxygen atoms in total. The molecule has 0 spiro atoms. The van der Waals surface area contributed by atoms with E-state index < -0.39 is 5.60 Å². The van der Waals surface area contributed by atoms with Gasteiger partial charge in [-0.1, -0.05) is 37.6 Å². The van der Waals surface area contributed by atoms with Crippen molar-refractivity contribution in [3.05, 3.63) is 35.4 Å². The van der Waals surface area contributed by atoms with Gasteiger partial charge in [-0.2, -0.15) is 0 Å². The number of nitrogens with zero attached hydrogens (tertiary/aromatic N) is 1. The first-order chi connectivity index (χ1) is 9.98. The van der Waals surface area contributed by atoms with E-state index in [-0.39, 0.29) is 0 Å². The zero-order chi connectivity index (χ0) is 15.3. The Balaban J connectivity index is 1.87. The van der Waals surface area contributed by atoms with Gasteiger partial charge >= 0.3 is 0 Å². The van der Waals surface area contributed by atoms with Gasteiger partial charge in [-0.25, -0.2) is 0 Å². The maximum atomic E-state index is 9.80. The molecular formula is C19H31NO. The van der Waals surface area contributed by atoms with Gasteiger partial charge in [0.2, 0.25) is 0 Å². The van der Waals surface area contributed by atoms with Crippen LogP contribution < -0.4 is 0 Å². The van der Waals surface area contributed by atoms with E-state index in [0.717, 1.165) is 25.4 Å². The summed E-state index contributed by atoms with van der Waals surface area (Å²) in [6, 6.07) is 9.78. The minimum atomic E-state index is -0.568. The van der Waals surface area contributed by atoms with Gasteiger partial charge in [0.1, 0.15) is 0 Å². The molecular weight excluding hydrogens is 258 g/mol. The van der Waals surface area contributed by atoms with E-state index in [1.54, 1.807) is 0 Å². The summed E-state index contributed by atoms with van der Waals surface area (Å²) in [6.45, 7) is 8.39. The molecule has 118 valence electrons. The largest absolute Gasteiger partial charge is 0.390 e. The van der Waals surface area contributed by atoms with E-state index >= 15 is 0 Å². The number of likely N-dealkylation sites (tertiary alicyclic amines) is 1. The highest BCUT2D eigenvalue weighted by atomic mass is 16.3. The Hall–Kier alpha value is -0.860. The molecule has 0 amide bonds. The first-order valence-electron chi connectivity index (χ1n) is 8.52. The molecule has 2 rings (SSSR count). The Morgan fingerprint density at radius 2 is 1.86 bits per heavy atom. The van der Waals surface area contributed by atoms with E-state index in [2.05, 4.69) is 36.1 Å². The zero-order valence-corrected chi connectivity index (χ0v) is 13.9. The molecule has 0 unspecified atom stereocenters. The third kappa shape index (κ3) is 5.44. The SMILES string of the molecule is CCC[C@@H]1CCCN1Cc1ccc(CCC(C)(C)O)cc1. The molecule has 1 N–H and O–H groups in total. The van der Waals surface area contributed by atoms with Crippen LogP contribution in [0.4, 0.5) is 0 Å². The van der Waals surface area contributed by atoms with E-state index in [0.29, 0.717) is 0 Å². The fourth-order valence-corrected chi connectivity index (χ4v) is 3.26. The topological polar surface area (TPSA) is 23.5 Å². The molecule has 0 aromatic heterocycles. The van der Waals surface area contributed by atoms with Crippen LogP contribution in [0.2, 0.25) is 0 Å². The minimum Gasteiger partial charge on any atom is -0.390 e. The number of hydrogen-bond acceptors (Lipinski definition) is 2. The van der Waals surface area contributed by atoms with E-state index in [1.165, 1.54) is 43.4 Å². The van der Waals surface area contributed by atoms with Crippen LogP contribution in [-0.2, 0) is 13.0 Å². The average Bonchev–Trinajstić information content (AvgIpc) is 2.85. The molecule has 0 saturated carbocycles. The molecule has 0 bridgehead atoms. The van der Waals surface area contributed by atoms with E-state index in [4.69, 9.17) is 0 Å². The van der Waals surface area contributed by atoms with Gasteiger partial charge in [0.25, 0.3) is 0 Å². The van der Waals surface area contributed by atoms with Crippen molar-refractivity contribution in [1.82, 2.24) is 4.90 Å². The van der Waals surface area contributed by atoms with Gasteiger partial charge in [0.05, 0.1) is 5.60 Å². The molecule has 21 heavy (non-hydrogen) atoms. The van der Waals surface area contributed by atoms with Gasteiger partial charge in [-0.05, 0) is 63.6 Å². The number of hydrogen-bond donors (Lipinski definition) is 1. The maximum Gasteiger partial charge on any atom is 0.0594 e. The van der Waals surface area contributed by atoms with Crippen LogP contribution >= 0.6 is 0 Å². The quantitative estimate of drug-likeness (QED) is 0.815. The molecule has 0 radical (unpaired) electrons. The Kier molecular flexibility index (Phi) is 5.83. The van der Waals surface area contributed by atoms with Crippen LogP contribution in [0.25, 0.3) is 0 Å². The summed E-state index contributed by atoms with van der Waals surface area (Å²) in [7, 11) is 0. The lowest BCUT2D eigenvalue weighted by Gasteiger charge is -2.24. The predicted molar refractivity (Wildman–Crippen MR) is 89.4 cm³/mol. The lowest BCUT2D eigenvalue weighted by Crippen LogP contribution is -2.28. The second-order valence-corrected chi connectivity index (χ2v) is 7.18. The molecule has 1 fully saturated rings. The number of aryl methyl sites for hydroxylation is 1. The number of benzene rings is 1. The second-order valence-electron chi connectivity index (χ2n) is 7.18. The van der Waals surface area contributed by atoms with Crippen molar-refractivity contribution in [2.45, 2.75) is 77.5 Å². The molecule has 1 aliphatic rings. The Labute approximate surface area is 130 Å². The third-order valence-electron chi connectivity index (χ3n) is 4.56. The van der Waals surface area contributed by atoms with E-state index in [1.807, 2.05) is 13.8 Å². The summed E-state index contributed by atoms with van der Waals surface area (Å²) in [4.78, 5) is 2.65. The lowest BCUT2D eigenvalue weighted by molar-refractivity contribution is 0.0714. The van der Waals surface area contributed by atoms with Gasteiger partial charge in [0.15, 0.2) is 0 Å². The molecule has 0 aliphatic carbocycles. The van der Waals surface area contributed by atoms with Gasteiger partial charge in [-0.3, -0.25) is 4.90 Å². The first kappa shape index (κ1) is 16.5. The number of rotatable bonds is 7. The summed E-state index contributed by atoms with van der Waals surface area (Å²) in [5.41, 5.74) is 2.18. The van der Waals surface area contributed by atoms with Gasteiger partial charge in [0, 0.05) is 12.6 Å². The summed E-state index contributed by atoms with van der Waals surface area (Å²) in [5.74, 6) is 0. The zero-order valence-electron chi connectivity index (χ0n) is 13.9. The van der Waals surface area contributed by atoms with Crippen LogP contribution in [-0.4, -0.2) is 28.2 Å². The van der Waals surface area contributed by atoms with Crippen LogP contribution in [0.15, 0.2) is 24.3 Å². The summed E-state index contributed by atoms with van der Waals surface area (Å²) in [5, 5.41) is 9.80. The minimum absolute atomic E-state index is 0.568. The summed E-state index contributed by atoms with van der Waals surface area (Å²) in [6.07, 6.45) is 7.12. The van der Waals surface area contributed by atoms with Crippen molar-refractivity contribution in [3.63, 3.8) is 0 Å². The van der Waals surface area contributed by atoms with E-state index in [9.17, 15) is 5.11 Å². The fourth-order valence-electron chi connectivity index (χ4n) is 3.26. The number of aliphatic hydroxyl groups is 1. The van der Waals surface area contributed by atoms with Crippen molar-refractivity contribution in [2.24, 2.45) is 0 Å². The standard InChI is InChI=1S/C19H31NO/c1-4-6-18-7-5-14-20(18)15-17-10-8-16(9-11-17)12-13-19(2,3)21/h8-11,18,21H,4-7,12-15H2,1-3H3/t18-/m1/s1. The highest BCUT2D eigenvalue weighted by Crippen LogP contribution is 2.23. The summed E-state index contributed by atoms with van der Waals surface area (Å²) < 4.78 is 0. The molecule has 1 aliphatic heterocycles. The van der Waals surface area contributed by atoms with Crippen LogP contribution in [0, 0.1) is 0 Å². The third-order valence-corrected chi connectivity index (χ3v) is 4.56. The second kappa shape index (κ2) is 7.42. The van der Waals surface area contributed by atoms with Crippen molar-refractivity contribution in [3.8, 4) is 0 Å². The molecule has 1 aromatic carbocycles. The molecule has 1 heterocycles. The highest BCUT2D eigenvalue weighted by Gasteiger charge is 2.23. The molecule has 2 heteroatoms. The smallest absolute Gasteiger partial charge is 0.0594 e. The molecule has 1 aromatic rings. The van der Waals surface area contributed by atoms with Crippen LogP contribution in [0.3, 0.4) is 0 Å². The van der Waals surface area contributed by atoms with Gasteiger partial charge in [-0.15, -0.1) is 0 Å². The van der Waals surface area contributed by atoms with Crippen molar-refractivity contribution >= 4 is 0 Å². The Bertz CT molecular complexity index is 418. The molecule has 1 atom stereocenters. The summed E-state index contributed by atoms with van der Waals surface area (Å²) >= 11 is 0. The van der Waals surface area contributed by atoms with Crippen LogP contribution in [0.1, 0.15) is 64.0 Å². The Morgan fingerprint density at radius 1 is 1.19 bits per heavy atom. The first-order valence-corrected chi connectivity index (χ1v) is 8.52. The van der Waals surface area contributed by atoms with Crippen LogP contribution in [0.5, 0.6) is 0 Å². The highest BCUT2D eigenvalue weighted by molar-refractivity contribution is 5.23. The maximum absolute atomic E-state index is 9.80. The van der Waals surface area contributed by atoms with Crippen molar-refractivity contribution in [1.29, 1.82) is 0 Å². The predicted octanol–water partition coefficient (Wildman–Crippen LogP) is 4.15. The normalized spacial score (nSPS) is 20.1. The molecule has 1 saturated heterocycles. The monoisotopic (exact) mass is 289 g/mol. The van der Waals surface area contributed by atoms with Crippen molar-refractivity contribution in [2.75, 3.05) is 6.54 Å². The fraction of sp³-hybridized carbons (Fsp3) is 0.684. The average molecular weight is 289 g/mol.